The van der Waals surface area contributed by atoms with E-state index in [4.69, 9.17) is 16.3 Å². The Bertz CT molecular complexity index is 943. The van der Waals surface area contributed by atoms with Crippen LogP contribution in [0.5, 0.6) is 0 Å². The number of aromatic amines is 1. The molecule has 2 N–H and O–H groups in total. The van der Waals surface area contributed by atoms with Gasteiger partial charge in [0.2, 0.25) is 11.9 Å². The molecule has 0 unspecified atom stereocenters. The van der Waals surface area contributed by atoms with E-state index < -0.39 is 5.41 Å². The van der Waals surface area contributed by atoms with Crippen molar-refractivity contribution in [1.29, 1.82) is 0 Å². The number of amides is 1. The second-order valence-corrected chi connectivity index (χ2v) is 7.48. The van der Waals surface area contributed by atoms with Gasteiger partial charge in [0.1, 0.15) is 10.8 Å². The Hall–Kier alpha value is -2.44. The lowest BCUT2D eigenvalue weighted by molar-refractivity contribution is -0.123. The first-order valence-corrected chi connectivity index (χ1v) is 8.61. The molecule has 0 spiro atoms. The molecule has 0 aliphatic carbocycles. The van der Waals surface area contributed by atoms with Crippen molar-refractivity contribution < 1.29 is 9.53 Å². The Morgan fingerprint density at radius 1 is 1.23 bits per heavy atom. The average molecular weight is 373 g/mol. The molecular weight excluding hydrogens is 352 g/mol. The van der Waals surface area contributed by atoms with Crippen molar-refractivity contribution in [2.75, 3.05) is 12.4 Å². The molecule has 3 rings (SSSR count). The number of anilines is 1. The van der Waals surface area contributed by atoms with Crippen molar-refractivity contribution in [3.8, 4) is 11.3 Å². The van der Waals surface area contributed by atoms with Crippen molar-refractivity contribution in [3.05, 3.63) is 41.0 Å². The number of methoxy groups -OCH3 is 1. The van der Waals surface area contributed by atoms with Crippen LogP contribution in [0.2, 0.25) is 5.15 Å². The zero-order valence-corrected chi connectivity index (χ0v) is 15.9. The number of fused-ring (bicyclic) bond motifs is 1. The van der Waals surface area contributed by atoms with Crippen LogP contribution in [0, 0.1) is 5.41 Å². The highest BCUT2D eigenvalue weighted by atomic mass is 35.5. The Labute approximate surface area is 157 Å². The molecule has 0 bridgehead atoms. The molecule has 0 radical (unpaired) electrons. The van der Waals surface area contributed by atoms with Crippen LogP contribution in [-0.4, -0.2) is 28.0 Å². The summed E-state index contributed by atoms with van der Waals surface area (Å²) in [5.41, 5.74) is 3.00. The summed E-state index contributed by atoms with van der Waals surface area (Å²) in [7, 11) is 1.67. The Morgan fingerprint density at radius 2 is 1.92 bits per heavy atom. The lowest BCUT2D eigenvalue weighted by Crippen LogP contribution is -2.28. The number of benzene rings is 1. The fourth-order valence-electron chi connectivity index (χ4n) is 2.42. The topological polar surface area (TPSA) is 79.9 Å². The molecule has 0 saturated heterocycles. The van der Waals surface area contributed by atoms with Crippen LogP contribution in [0.15, 0.2) is 30.3 Å². The van der Waals surface area contributed by atoms with E-state index in [1.165, 1.54) is 0 Å². The number of nitrogens with one attached hydrogen (secondary N) is 2. The van der Waals surface area contributed by atoms with Gasteiger partial charge in [0.25, 0.3) is 0 Å². The van der Waals surface area contributed by atoms with Gasteiger partial charge in [-0.1, -0.05) is 56.6 Å². The molecule has 0 atom stereocenters. The third kappa shape index (κ3) is 3.86. The van der Waals surface area contributed by atoms with Crippen LogP contribution in [0.4, 0.5) is 5.95 Å². The number of aromatic nitrogens is 3. The molecule has 7 heteroatoms. The normalized spacial score (nSPS) is 11.7. The van der Waals surface area contributed by atoms with Gasteiger partial charge in [-0.3, -0.25) is 10.1 Å². The minimum Gasteiger partial charge on any atom is -0.380 e. The van der Waals surface area contributed by atoms with Crippen molar-refractivity contribution in [2.45, 2.75) is 27.4 Å². The number of carbonyl (C=O) groups is 1. The number of ether oxygens (including phenoxy) is 1. The highest BCUT2D eigenvalue weighted by molar-refractivity contribution is 6.34. The third-order valence-corrected chi connectivity index (χ3v) is 4.21. The summed E-state index contributed by atoms with van der Waals surface area (Å²) in [4.78, 5) is 23.9. The summed E-state index contributed by atoms with van der Waals surface area (Å²) in [6.45, 7) is 6.04. The van der Waals surface area contributed by atoms with E-state index >= 15 is 0 Å². The van der Waals surface area contributed by atoms with E-state index in [2.05, 4.69) is 20.3 Å². The molecular formula is C19H21ClN4O2. The Morgan fingerprint density at radius 3 is 2.54 bits per heavy atom. The van der Waals surface area contributed by atoms with Crippen LogP contribution in [0.1, 0.15) is 26.3 Å². The van der Waals surface area contributed by atoms with Crippen molar-refractivity contribution in [1.82, 2.24) is 15.0 Å². The summed E-state index contributed by atoms with van der Waals surface area (Å²) in [6, 6.07) is 9.92. The standard InChI is InChI=1S/C19H21ClN4O2/c1-19(2,3)17(25)24-18-22-15(20)13-9-14(21-16(13)23-18)12-7-5-11(6-8-12)10-26-4/h5-9H,10H2,1-4H3,(H2,21,22,23,24,25). The summed E-state index contributed by atoms with van der Waals surface area (Å²) in [5, 5.41) is 3.70. The predicted molar refractivity (Wildman–Crippen MR) is 103 cm³/mol. The van der Waals surface area contributed by atoms with Gasteiger partial charge in [-0.2, -0.15) is 9.97 Å². The second kappa shape index (κ2) is 7.05. The molecule has 0 fully saturated rings. The SMILES string of the molecule is COCc1ccc(-c2cc3c(Cl)nc(NC(=O)C(C)(C)C)nc3[nH]2)cc1. The Kier molecular flexibility index (Phi) is 4.98. The van der Waals surface area contributed by atoms with Crippen molar-refractivity contribution in [3.63, 3.8) is 0 Å². The molecule has 3 aromatic rings. The summed E-state index contributed by atoms with van der Waals surface area (Å²) >= 11 is 6.29. The van der Waals surface area contributed by atoms with Crippen LogP contribution in [0.3, 0.4) is 0 Å². The number of halogens is 1. The van der Waals surface area contributed by atoms with Crippen LogP contribution < -0.4 is 5.32 Å². The van der Waals surface area contributed by atoms with Gasteiger partial charge >= 0.3 is 0 Å². The maximum absolute atomic E-state index is 12.1. The number of H-pyrrole nitrogens is 1. The number of hydrogen-bond acceptors (Lipinski definition) is 4. The number of nitrogens with zero attached hydrogens (tertiary/aromatic N) is 2. The zero-order chi connectivity index (χ0) is 18.9. The summed E-state index contributed by atoms with van der Waals surface area (Å²) in [5.74, 6) is 0.0136. The van der Waals surface area contributed by atoms with Gasteiger partial charge < -0.3 is 9.72 Å². The smallest absolute Gasteiger partial charge is 0.232 e. The van der Waals surface area contributed by atoms with Gasteiger partial charge in [0.05, 0.1) is 12.0 Å². The van der Waals surface area contributed by atoms with Crippen molar-refractivity contribution in [2.24, 2.45) is 5.41 Å². The van der Waals surface area contributed by atoms with E-state index in [1.807, 2.05) is 51.1 Å². The molecule has 1 amide bonds. The lowest BCUT2D eigenvalue weighted by Gasteiger charge is -2.16. The van der Waals surface area contributed by atoms with Gasteiger partial charge in [-0.25, -0.2) is 0 Å². The predicted octanol–water partition coefficient (Wildman–Crippen LogP) is 4.41. The first-order chi connectivity index (χ1) is 12.3. The molecule has 0 saturated carbocycles. The van der Waals surface area contributed by atoms with Crippen molar-refractivity contribution >= 4 is 34.5 Å². The van der Waals surface area contributed by atoms with Gasteiger partial charge in [0, 0.05) is 18.2 Å². The molecule has 0 aliphatic heterocycles. The first-order valence-electron chi connectivity index (χ1n) is 8.24. The number of carbonyl (C=O) groups excluding carboxylic acids is 1. The van der Waals surface area contributed by atoms with Gasteiger partial charge in [-0.15, -0.1) is 0 Å². The van der Waals surface area contributed by atoms with Gasteiger partial charge in [-0.05, 0) is 17.2 Å². The fourth-order valence-corrected chi connectivity index (χ4v) is 2.64. The van der Waals surface area contributed by atoms with Crippen LogP contribution >= 0.6 is 11.6 Å². The summed E-state index contributed by atoms with van der Waals surface area (Å²) < 4.78 is 5.13. The average Bonchev–Trinajstić information content (AvgIpc) is 2.99. The first kappa shape index (κ1) is 18.4. The maximum atomic E-state index is 12.1. The number of hydrogen-bond donors (Lipinski definition) is 2. The second-order valence-electron chi connectivity index (χ2n) is 7.12. The molecule has 26 heavy (non-hydrogen) atoms. The zero-order valence-electron chi connectivity index (χ0n) is 15.2. The van der Waals surface area contributed by atoms with E-state index in [0.29, 0.717) is 17.6 Å². The quantitative estimate of drug-likeness (QED) is 0.665. The van der Waals surface area contributed by atoms with E-state index in [-0.39, 0.29) is 17.0 Å². The van der Waals surface area contributed by atoms with E-state index in [1.54, 1.807) is 7.11 Å². The fraction of sp³-hybridized carbons (Fsp3) is 0.316. The summed E-state index contributed by atoms with van der Waals surface area (Å²) in [6.07, 6.45) is 0. The van der Waals surface area contributed by atoms with Gasteiger partial charge in [0.15, 0.2) is 0 Å². The van der Waals surface area contributed by atoms with Crippen LogP contribution in [0.25, 0.3) is 22.3 Å². The molecule has 0 aliphatic rings. The highest BCUT2D eigenvalue weighted by Crippen LogP contribution is 2.28. The van der Waals surface area contributed by atoms with E-state index in [9.17, 15) is 4.79 Å². The maximum Gasteiger partial charge on any atom is 0.232 e. The molecule has 136 valence electrons. The minimum absolute atomic E-state index is 0.173. The molecule has 6 nitrogen and oxygen atoms in total. The number of rotatable bonds is 4. The Balaban J connectivity index is 1.93. The minimum atomic E-state index is -0.546. The molecule has 1 aromatic carbocycles. The van der Waals surface area contributed by atoms with E-state index in [0.717, 1.165) is 16.8 Å². The molecule has 2 heterocycles. The van der Waals surface area contributed by atoms with Crippen LogP contribution in [-0.2, 0) is 16.1 Å². The highest BCUT2D eigenvalue weighted by Gasteiger charge is 2.22. The lowest BCUT2D eigenvalue weighted by atomic mass is 9.96. The molecule has 2 aromatic heterocycles. The monoisotopic (exact) mass is 372 g/mol. The third-order valence-electron chi connectivity index (χ3n) is 3.92. The largest absolute Gasteiger partial charge is 0.380 e.